The van der Waals surface area contributed by atoms with Crippen LogP contribution in [0.3, 0.4) is 0 Å². The maximum absolute atomic E-state index is 12.1. The van der Waals surface area contributed by atoms with Crippen molar-refractivity contribution in [3.63, 3.8) is 0 Å². The Kier molecular flexibility index (Phi) is 5.99. The minimum absolute atomic E-state index is 0.0408. The van der Waals surface area contributed by atoms with Gasteiger partial charge in [0.25, 0.3) is 0 Å². The van der Waals surface area contributed by atoms with Crippen molar-refractivity contribution in [1.82, 2.24) is 4.90 Å². The summed E-state index contributed by atoms with van der Waals surface area (Å²) >= 11 is 1.25. The second-order valence-electron chi connectivity index (χ2n) is 5.25. The lowest BCUT2D eigenvalue weighted by atomic mass is 10.0. The summed E-state index contributed by atoms with van der Waals surface area (Å²) in [5, 5.41) is 8.58. The van der Waals surface area contributed by atoms with Gasteiger partial charge in [0, 0.05) is 12.6 Å². The molecule has 0 spiro atoms. The number of thioether (sulfide) groups is 1. The number of aliphatic carboxylic acids is 1. The maximum Gasteiger partial charge on any atom is 0.316 e. The van der Waals surface area contributed by atoms with Crippen LogP contribution in [0.4, 0.5) is 0 Å². The first-order chi connectivity index (χ1) is 8.43. The van der Waals surface area contributed by atoms with Gasteiger partial charge in [-0.1, -0.05) is 13.8 Å². The first-order valence-electron chi connectivity index (χ1n) is 6.57. The summed E-state index contributed by atoms with van der Waals surface area (Å²) in [5.74, 6) is -0.424. The van der Waals surface area contributed by atoms with Crippen LogP contribution >= 0.6 is 11.8 Å². The van der Waals surface area contributed by atoms with Crippen molar-refractivity contribution in [2.45, 2.75) is 51.3 Å². The van der Waals surface area contributed by atoms with E-state index in [1.807, 2.05) is 18.7 Å². The first-order valence-corrected chi connectivity index (χ1v) is 7.62. The minimum Gasteiger partial charge on any atom is -0.480 e. The zero-order chi connectivity index (χ0) is 13.7. The van der Waals surface area contributed by atoms with Crippen LogP contribution in [-0.4, -0.2) is 45.5 Å². The van der Waals surface area contributed by atoms with Crippen LogP contribution in [0.5, 0.6) is 0 Å². The topological polar surface area (TPSA) is 57.6 Å². The highest BCUT2D eigenvalue weighted by atomic mass is 32.2. The molecule has 2 atom stereocenters. The van der Waals surface area contributed by atoms with Crippen LogP contribution in [0.1, 0.15) is 40.0 Å². The van der Waals surface area contributed by atoms with E-state index in [2.05, 4.69) is 6.92 Å². The number of likely N-dealkylation sites (tertiary alicyclic amines) is 1. The second-order valence-corrected chi connectivity index (χ2v) is 6.38. The molecule has 1 aliphatic heterocycles. The molecule has 0 saturated carbocycles. The van der Waals surface area contributed by atoms with E-state index in [1.54, 1.807) is 0 Å². The highest BCUT2D eigenvalue weighted by Gasteiger charge is 2.27. The summed E-state index contributed by atoms with van der Waals surface area (Å²) in [6.07, 6.45) is 3.30. The average Bonchev–Trinajstić information content (AvgIpc) is 2.28. The quantitative estimate of drug-likeness (QED) is 0.834. The molecule has 4 nitrogen and oxygen atoms in total. The number of carboxylic acids is 1. The Hall–Kier alpha value is -0.710. The number of carbonyl (C=O) groups is 2. The molecule has 18 heavy (non-hydrogen) atoms. The predicted octanol–water partition coefficient (Wildman–Crippen LogP) is 2.23. The van der Waals surface area contributed by atoms with Gasteiger partial charge in [-0.2, -0.15) is 0 Å². The number of carboxylic acid groups (broad SMARTS) is 1. The third-order valence-corrected chi connectivity index (χ3v) is 4.88. The van der Waals surface area contributed by atoms with Gasteiger partial charge in [0.15, 0.2) is 0 Å². The molecule has 0 aromatic heterocycles. The number of carbonyl (C=O) groups excluding carboxylic acids is 1. The fraction of sp³-hybridized carbons (Fsp3) is 0.846. The van der Waals surface area contributed by atoms with Gasteiger partial charge in [-0.05, 0) is 32.1 Å². The molecule has 1 saturated heterocycles. The van der Waals surface area contributed by atoms with Gasteiger partial charge in [0.05, 0.1) is 5.75 Å². The largest absolute Gasteiger partial charge is 0.480 e. The SMILES string of the molecule is CC(C)C(SCC(=O)N1CCCCC1C)C(=O)O. The highest BCUT2D eigenvalue weighted by molar-refractivity contribution is 8.01. The normalized spacial score (nSPS) is 22.0. The van der Waals surface area contributed by atoms with Crippen molar-refractivity contribution in [1.29, 1.82) is 0 Å². The molecule has 0 aromatic carbocycles. The number of rotatable bonds is 5. The molecule has 0 radical (unpaired) electrons. The molecule has 0 aliphatic carbocycles. The highest BCUT2D eigenvalue weighted by Crippen LogP contribution is 2.22. The lowest BCUT2D eigenvalue weighted by Gasteiger charge is -2.33. The molecule has 1 heterocycles. The van der Waals surface area contributed by atoms with Gasteiger partial charge in [0.1, 0.15) is 5.25 Å². The van der Waals surface area contributed by atoms with Crippen molar-refractivity contribution in [2.75, 3.05) is 12.3 Å². The first kappa shape index (κ1) is 15.3. The molecule has 0 aromatic rings. The van der Waals surface area contributed by atoms with Crippen LogP contribution in [0.25, 0.3) is 0 Å². The Morgan fingerprint density at radius 2 is 2.06 bits per heavy atom. The van der Waals surface area contributed by atoms with E-state index in [1.165, 1.54) is 18.2 Å². The van der Waals surface area contributed by atoms with E-state index in [9.17, 15) is 9.59 Å². The van der Waals surface area contributed by atoms with E-state index < -0.39 is 11.2 Å². The summed E-state index contributed by atoms with van der Waals surface area (Å²) in [6, 6.07) is 0.300. The fourth-order valence-electron chi connectivity index (χ4n) is 2.26. The maximum atomic E-state index is 12.1. The molecular weight excluding hydrogens is 250 g/mol. The van der Waals surface area contributed by atoms with Gasteiger partial charge in [0.2, 0.25) is 5.91 Å². The monoisotopic (exact) mass is 273 g/mol. The third-order valence-electron chi connectivity index (χ3n) is 3.36. The zero-order valence-corrected chi connectivity index (χ0v) is 12.2. The van der Waals surface area contributed by atoms with Crippen LogP contribution in [0, 0.1) is 5.92 Å². The number of piperidine rings is 1. The summed E-state index contributed by atoms with van der Waals surface area (Å²) in [4.78, 5) is 25.0. The van der Waals surface area contributed by atoms with E-state index >= 15 is 0 Å². The molecule has 5 heteroatoms. The van der Waals surface area contributed by atoms with E-state index in [4.69, 9.17) is 5.11 Å². The minimum atomic E-state index is -0.825. The number of nitrogens with zero attached hydrogens (tertiary/aromatic N) is 1. The van der Waals surface area contributed by atoms with Crippen molar-refractivity contribution >= 4 is 23.6 Å². The Bertz CT molecular complexity index is 307. The molecule has 1 amide bonds. The van der Waals surface area contributed by atoms with Gasteiger partial charge >= 0.3 is 5.97 Å². The molecular formula is C13H23NO3S. The lowest BCUT2D eigenvalue weighted by molar-refractivity contribution is -0.137. The zero-order valence-electron chi connectivity index (χ0n) is 11.4. The predicted molar refractivity (Wildman–Crippen MR) is 73.7 cm³/mol. The van der Waals surface area contributed by atoms with Crippen LogP contribution in [0.15, 0.2) is 0 Å². The second kappa shape index (κ2) is 7.02. The van der Waals surface area contributed by atoms with E-state index in [0.717, 1.165) is 19.4 Å². The van der Waals surface area contributed by atoms with Crippen molar-refractivity contribution in [3.8, 4) is 0 Å². The smallest absolute Gasteiger partial charge is 0.316 e. The standard InChI is InChI=1S/C13H23NO3S/c1-9(2)12(13(16)17)18-8-11(15)14-7-5-4-6-10(14)3/h9-10,12H,4-8H2,1-3H3,(H,16,17). The Labute approximate surface area is 113 Å². The van der Waals surface area contributed by atoms with Crippen molar-refractivity contribution < 1.29 is 14.7 Å². The third kappa shape index (κ3) is 4.19. The van der Waals surface area contributed by atoms with Crippen LogP contribution in [-0.2, 0) is 9.59 Å². The molecule has 1 fully saturated rings. The van der Waals surface area contributed by atoms with E-state index in [0.29, 0.717) is 6.04 Å². The molecule has 1 rings (SSSR count). The number of amides is 1. The number of hydrogen-bond acceptors (Lipinski definition) is 3. The van der Waals surface area contributed by atoms with Crippen LogP contribution < -0.4 is 0 Å². The Balaban J connectivity index is 2.46. The summed E-state index contributed by atoms with van der Waals surface area (Å²) in [5.41, 5.74) is 0. The fourth-order valence-corrected chi connectivity index (χ4v) is 3.28. The van der Waals surface area contributed by atoms with Crippen molar-refractivity contribution in [2.24, 2.45) is 5.92 Å². The van der Waals surface area contributed by atoms with Crippen LogP contribution in [0.2, 0.25) is 0 Å². The van der Waals surface area contributed by atoms with E-state index in [-0.39, 0.29) is 17.6 Å². The van der Waals surface area contributed by atoms with Crippen molar-refractivity contribution in [3.05, 3.63) is 0 Å². The lowest BCUT2D eigenvalue weighted by Crippen LogP contribution is -2.43. The Morgan fingerprint density at radius 1 is 1.39 bits per heavy atom. The molecule has 1 N–H and O–H groups in total. The molecule has 2 unspecified atom stereocenters. The Morgan fingerprint density at radius 3 is 2.56 bits per heavy atom. The van der Waals surface area contributed by atoms with Gasteiger partial charge in [-0.3, -0.25) is 9.59 Å². The summed E-state index contributed by atoms with van der Waals surface area (Å²) < 4.78 is 0. The molecule has 0 bridgehead atoms. The average molecular weight is 273 g/mol. The summed E-state index contributed by atoms with van der Waals surface area (Å²) in [6.45, 7) is 6.64. The van der Waals surface area contributed by atoms with Gasteiger partial charge < -0.3 is 10.0 Å². The van der Waals surface area contributed by atoms with Gasteiger partial charge in [-0.15, -0.1) is 11.8 Å². The van der Waals surface area contributed by atoms with Gasteiger partial charge in [-0.25, -0.2) is 0 Å². The molecule has 104 valence electrons. The number of hydrogen-bond donors (Lipinski definition) is 1. The summed E-state index contributed by atoms with van der Waals surface area (Å²) in [7, 11) is 0. The molecule has 1 aliphatic rings.